The Morgan fingerprint density at radius 3 is 2.53 bits per heavy atom. The molecule has 0 saturated carbocycles. The van der Waals surface area contributed by atoms with Gasteiger partial charge in [-0.25, -0.2) is 8.42 Å². The minimum absolute atomic E-state index is 0.00684. The minimum atomic E-state index is -4.71. The molecule has 34 heavy (non-hydrogen) atoms. The number of sulfonamides is 1. The molecule has 186 valence electrons. The van der Waals surface area contributed by atoms with Crippen LogP contribution >= 0.6 is 15.9 Å². The highest BCUT2D eigenvalue weighted by molar-refractivity contribution is 9.10. The van der Waals surface area contributed by atoms with Crippen LogP contribution in [0.3, 0.4) is 0 Å². The number of anilines is 1. The Kier molecular flexibility index (Phi) is 7.54. The normalized spacial score (nSPS) is 18.0. The number of carbonyl (C=O) groups excluding carboxylic acids is 1. The van der Waals surface area contributed by atoms with E-state index in [1.54, 1.807) is 19.1 Å². The zero-order chi connectivity index (χ0) is 25.3. The summed E-state index contributed by atoms with van der Waals surface area (Å²) in [5.74, 6) is -0.355. The summed E-state index contributed by atoms with van der Waals surface area (Å²) in [5, 5.41) is 0. The molecule has 1 heterocycles. The van der Waals surface area contributed by atoms with E-state index in [2.05, 4.69) is 15.9 Å². The van der Waals surface area contributed by atoms with E-state index in [0.29, 0.717) is 10.5 Å². The van der Waals surface area contributed by atoms with Crippen LogP contribution in [-0.4, -0.2) is 47.9 Å². The van der Waals surface area contributed by atoms with Gasteiger partial charge < -0.3 is 14.2 Å². The van der Waals surface area contributed by atoms with E-state index in [-0.39, 0.29) is 31.0 Å². The van der Waals surface area contributed by atoms with Crippen LogP contribution in [0.4, 0.5) is 18.9 Å². The van der Waals surface area contributed by atoms with E-state index >= 15 is 0 Å². The second-order valence-electron chi connectivity index (χ2n) is 8.10. The number of ether oxygens (including phenoxy) is 3. The smallest absolute Gasteiger partial charge is 0.416 e. The molecule has 0 saturated heterocycles. The number of halogens is 4. The van der Waals surface area contributed by atoms with Crippen molar-refractivity contribution < 1.29 is 40.6 Å². The van der Waals surface area contributed by atoms with E-state index in [4.69, 9.17) is 14.2 Å². The van der Waals surface area contributed by atoms with E-state index in [9.17, 15) is 26.4 Å². The average molecular weight is 566 g/mol. The summed E-state index contributed by atoms with van der Waals surface area (Å²) in [6.07, 6.45) is -5.48. The highest BCUT2D eigenvalue weighted by Gasteiger charge is 2.42. The SMILES string of the molecule is COCC(C)(C[C@H]1CN(S(=O)(=O)c2cccc(C(F)(F)F)c2)c2cc(Br)ccc2O1)C(=O)OC. The predicted octanol–water partition coefficient (Wildman–Crippen LogP) is 4.64. The Labute approximate surface area is 204 Å². The lowest BCUT2D eigenvalue weighted by atomic mass is 9.84. The fraction of sp³-hybridized carbons (Fsp3) is 0.409. The van der Waals surface area contributed by atoms with Crippen LogP contribution in [0.2, 0.25) is 0 Å². The second-order valence-corrected chi connectivity index (χ2v) is 10.9. The van der Waals surface area contributed by atoms with Crippen molar-refractivity contribution in [1.29, 1.82) is 0 Å². The number of carbonyl (C=O) groups is 1. The number of hydrogen-bond acceptors (Lipinski definition) is 6. The van der Waals surface area contributed by atoms with Gasteiger partial charge in [-0.1, -0.05) is 22.0 Å². The van der Waals surface area contributed by atoms with Gasteiger partial charge in [0.15, 0.2) is 0 Å². The molecule has 0 aromatic heterocycles. The molecule has 0 radical (unpaired) electrons. The summed E-state index contributed by atoms with van der Waals surface area (Å²) in [6.45, 7) is 1.36. The van der Waals surface area contributed by atoms with Crippen LogP contribution in [0.15, 0.2) is 51.8 Å². The first kappa shape index (κ1) is 26.3. The molecular formula is C22H23BrF3NO6S. The third-order valence-corrected chi connectivity index (χ3v) is 7.69. The number of rotatable bonds is 7. The molecule has 12 heteroatoms. The Hall–Kier alpha value is -2.31. The predicted molar refractivity (Wildman–Crippen MR) is 121 cm³/mol. The number of fused-ring (bicyclic) bond motifs is 1. The first-order valence-corrected chi connectivity index (χ1v) is 12.3. The first-order valence-electron chi connectivity index (χ1n) is 10.1. The third-order valence-electron chi connectivity index (χ3n) is 5.42. The number of alkyl halides is 3. The quantitative estimate of drug-likeness (QED) is 0.455. The fourth-order valence-corrected chi connectivity index (χ4v) is 5.74. The van der Waals surface area contributed by atoms with Crippen molar-refractivity contribution >= 4 is 37.6 Å². The molecule has 0 N–H and O–H groups in total. The van der Waals surface area contributed by atoms with Gasteiger partial charge in [0.2, 0.25) is 0 Å². The zero-order valence-electron chi connectivity index (χ0n) is 18.6. The van der Waals surface area contributed by atoms with Crippen LogP contribution < -0.4 is 9.04 Å². The fourth-order valence-electron chi connectivity index (χ4n) is 3.85. The van der Waals surface area contributed by atoms with E-state index in [1.807, 2.05) is 0 Å². The van der Waals surface area contributed by atoms with Crippen molar-refractivity contribution in [3.05, 3.63) is 52.5 Å². The number of methoxy groups -OCH3 is 2. The molecular weight excluding hydrogens is 543 g/mol. The molecule has 0 fully saturated rings. The highest BCUT2D eigenvalue weighted by atomic mass is 79.9. The third kappa shape index (κ3) is 5.33. The van der Waals surface area contributed by atoms with Gasteiger partial charge in [-0.15, -0.1) is 0 Å². The maximum atomic E-state index is 13.5. The topological polar surface area (TPSA) is 82.1 Å². The Balaban J connectivity index is 2.06. The first-order chi connectivity index (χ1) is 15.8. The molecule has 1 aliphatic heterocycles. The van der Waals surface area contributed by atoms with E-state index < -0.39 is 44.1 Å². The number of esters is 1. The molecule has 0 bridgehead atoms. The van der Waals surface area contributed by atoms with Gasteiger partial charge in [0.05, 0.1) is 41.8 Å². The van der Waals surface area contributed by atoms with Crippen LogP contribution in [0.1, 0.15) is 18.9 Å². The number of hydrogen-bond donors (Lipinski definition) is 0. The van der Waals surface area contributed by atoms with Crippen LogP contribution in [-0.2, 0) is 30.5 Å². The standard InChI is InChI=1S/C22H23BrF3NO6S/c1-21(13-31-2,20(28)32-3)11-16-12-27(18-10-15(23)7-8-19(18)33-16)34(29,30)17-6-4-5-14(9-17)22(24,25)26/h4-10,16H,11-13H2,1-3H3/t16-,21?/m0/s1. The Bertz CT molecular complexity index is 1170. The van der Waals surface area contributed by atoms with Crippen molar-refractivity contribution in [3.8, 4) is 5.75 Å². The maximum absolute atomic E-state index is 13.5. The van der Waals surface area contributed by atoms with Crippen LogP contribution in [0.25, 0.3) is 0 Å². The van der Waals surface area contributed by atoms with Gasteiger partial charge >= 0.3 is 12.1 Å². The Morgan fingerprint density at radius 1 is 1.21 bits per heavy atom. The van der Waals surface area contributed by atoms with Gasteiger partial charge in [0, 0.05) is 18.0 Å². The lowest BCUT2D eigenvalue weighted by Gasteiger charge is -2.38. The molecule has 7 nitrogen and oxygen atoms in total. The average Bonchev–Trinajstić information content (AvgIpc) is 2.77. The second kappa shape index (κ2) is 9.74. The lowest BCUT2D eigenvalue weighted by Crippen LogP contribution is -2.47. The van der Waals surface area contributed by atoms with Gasteiger partial charge in [0.25, 0.3) is 10.0 Å². The molecule has 1 unspecified atom stereocenters. The van der Waals surface area contributed by atoms with Gasteiger partial charge in [0.1, 0.15) is 11.9 Å². The summed E-state index contributed by atoms with van der Waals surface area (Å²) in [7, 11) is -1.77. The van der Waals surface area contributed by atoms with E-state index in [1.165, 1.54) is 20.3 Å². The molecule has 1 aliphatic rings. The number of benzene rings is 2. The summed E-state index contributed by atoms with van der Waals surface area (Å²) in [6, 6.07) is 8.25. The molecule has 0 aliphatic carbocycles. The zero-order valence-corrected chi connectivity index (χ0v) is 21.0. The summed E-state index contributed by atoms with van der Waals surface area (Å²) in [4.78, 5) is 11.9. The molecule has 2 aromatic rings. The highest BCUT2D eigenvalue weighted by Crippen LogP contribution is 2.41. The Morgan fingerprint density at radius 2 is 1.91 bits per heavy atom. The van der Waals surface area contributed by atoms with Crippen molar-refractivity contribution in [1.82, 2.24) is 0 Å². The monoisotopic (exact) mass is 565 g/mol. The van der Waals surface area contributed by atoms with Crippen molar-refractivity contribution in [2.45, 2.75) is 30.5 Å². The maximum Gasteiger partial charge on any atom is 0.416 e. The number of nitrogens with zero attached hydrogens (tertiary/aromatic N) is 1. The summed E-state index contributed by atoms with van der Waals surface area (Å²) < 4.78 is 84.4. The van der Waals surface area contributed by atoms with Crippen molar-refractivity contribution in [2.24, 2.45) is 5.41 Å². The molecule has 2 atom stereocenters. The largest absolute Gasteiger partial charge is 0.486 e. The lowest BCUT2D eigenvalue weighted by molar-refractivity contribution is -0.156. The van der Waals surface area contributed by atoms with E-state index in [0.717, 1.165) is 22.5 Å². The molecule has 2 aromatic carbocycles. The van der Waals surface area contributed by atoms with Crippen LogP contribution in [0.5, 0.6) is 5.75 Å². The summed E-state index contributed by atoms with van der Waals surface area (Å²) in [5.41, 5.74) is -2.06. The molecule has 3 rings (SSSR count). The molecule has 0 spiro atoms. The van der Waals surface area contributed by atoms with Gasteiger partial charge in [-0.05, 0) is 43.3 Å². The van der Waals surface area contributed by atoms with Gasteiger partial charge in [-0.3, -0.25) is 9.10 Å². The van der Waals surface area contributed by atoms with Gasteiger partial charge in [-0.2, -0.15) is 13.2 Å². The van der Waals surface area contributed by atoms with Crippen LogP contribution in [0, 0.1) is 5.41 Å². The minimum Gasteiger partial charge on any atom is -0.486 e. The van der Waals surface area contributed by atoms with Crippen molar-refractivity contribution in [2.75, 3.05) is 31.7 Å². The molecule has 0 amide bonds. The van der Waals surface area contributed by atoms with Crippen molar-refractivity contribution in [3.63, 3.8) is 0 Å². The summed E-state index contributed by atoms with van der Waals surface area (Å²) >= 11 is 3.29.